The number of carbonyl (C=O) groups is 1. The van der Waals surface area contributed by atoms with E-state index in [0.717, 1.165) is 38.5 Å². The minimum atomic E-state index is -0.209. The summed E-state index contributed by atoms with van der Waals surface area (Å²) in [6.45, 7) is 10.7. The Hall–Kier alpha value is -1.35. The molecule has 1 saturated heterocycles. The molecule has 2 aliphatic rings. The van der Waals surface area contributed by atoms with Gasteiger partial charge in [-0.3, -0.25) is 4.79 Å². The van der Waals surface area contributed by atoms with Crippen molar-refractivity contribution >= 4 is 5.97 Å². The summed E-state index contributed by atoms with van der Waals surface area (Å²) in [6.07, 6.45) is 13.7. The molecule has 0 radical (unpaired) electrons. The number of hydrogen-bond donors (Lipinski definition) is 0. The van der Waals surface area contributed by atoms with Crippen LogP contribution in [-0.4, -0.2) is 24.3 Å². The summed E-state index contributed by atoms with van der Waals surface area (Å²) in [6, 6.07) is 0. The molecule has 3 heteroatoms. The molecule has 2 rings (SSSR count). The van der Waals surface area contributed by atoms with Gasteiger partial charge < -0.3 is 9.47 Å². The summed E-state index contributed by atoms with van der Waals surface area (Å²) in [4.78, 5) is 11.1. The third-order valence-corrected chi connectivity index (χ3v) is 5.53. The first-order valence-electron chi connectivity index (χ1n) is 9.63. The fourth-order valence-electron chi connectivity index (χ4n) is 3.45. The first-order valence-corrected chi connectivity index (χ1v) is 9.63. The molecular weight excluding hydrogens is 312 g/mol. The summed E-state index contributed by atoms with van der Waals surface area (Å²) in [5.41, 5.74) is 4.24. The molecule has 140 valence electrons. The molecule has 0 aromatic rings. The molecule has 0 amide bonds. The van der Waals surface area contributed by atoms with Gasteiger partial charge in [0.2, 0.25) is 0 Å². The van der Waals surface area contributed by atoms with Gasteiger partial charge in [0.15, 0.2) is 0 Å². The lowest BCUT2D eigenvalue weighted by atomic mass is 9.89. The Morgan fingerprint density at radius 3 is 2.76 bits per heavy atom. The van der Waals surface area contributed by atoms with Crippen molar-refractivity contribution in [2.75, 3.05) is 6.61 Å². The van der Waals surface area contributed by atoms with Gasteiger partial charge in [0.25, 0.3) is 0 Å². The Morgan fingerprint density at radius 2 is 2.04 bits per heavy atom. The fourth-order valence-corrected chi connectivity index (χ4v) is 3.45. The van der Waals surface area contributed by atoms with Crippen molar-refractivity contribution in [2.45, 2.75) is 84.8 Å². The molecule has 3 atom stereocenters. The number of rotatable bonds is 3. The molecule has 1 unspecified atom stereocenters. The van der Waals surface area contributed by atoms with Crippen LogP contribution in [0.15, 0.2) is 34.9 Å². The van der Waals surface area contributed by atoms with E-state index in [2.05, 4.69) is 45.9 Å². The van der Waals surface area contributed by atoms with Gasteiger partial charge in [-0.25, -0.2) is 0 Å². The van der Waals surface area contributed by atoms with E-state index < -0.39 is 0 Å². The molecule has 0 bridgehead atoms. The highest BCUT2D eigenvalue weighted by atomic mass is 16.6. The zero-order valence-electron chi connectivity index (χ0n) is 16.6. The SMILES string of the molecule is CC(=O)OCC(C)/C1=C/C=C(\C)CC/C=C(\C)CC[C@H]2O[C@]2(C)CC1. The van der Waals surface area contributed by atoms with Gasteiger partial charge in [-0.2, -0.15) is 0 Å². The minimum Gasteiger partial charge on any atom is -0.465 e. The molecule has 0 saturated carbocycles. The number of epoxide rings is 1. The molecule has 0 spiro atoms. The monoisotopic (exact) mass is 346 g/mol. The molecular formula is C22H34O3. The normalized spacial score (nSPS) is 35.6. The van der Waals surface area contributed by atoms with Gasteiger partial charge >= 0.3 is 5.97 Å². The zero-order chi connectivity index (χ0) is 18.4. The number of allylic oxidation sites excluding steroid dienone is 5. The van der Waals surface area contributed by atoms with Crippen LogP contribution in [0.25, 0.3) is 0 Å². The topological polar surface area (TPSA) is 38.8 Å². The van der Waals surface area contributed by atoms with Crippen molar-refractivity contribution in [1.82, 2.24) is 0 Å². The highest BCUT2D eigenvalue weighted by Gasteiger charge is 2.50. The predicted molar refractivity (Wildman–Crippen MR) is 102 cm³/mol. The maximum absolute atomic E-state index is 11.1. The van der Waals surface area contributed by atoms with Gasteiger partial charge in [-0.05, 0) is 59.3 Å². The second kappa shape index (κ2) is 8.84. The van der Waals surface area contributed by atoms with Crippen molar-refractivity contribution in [3.63, 3.8) is 0 Å². The quantitative estimate of drug-likeness (QED) is 0.384. The summed E-state index contributed by atoms with van der Waals surface area (Å²) in [5.74, 6) is 0.0311. The Balaban J connectivity index is 2.11. The first-order chi connectivity index (χ1) is 11.8. The van der Waals surface area contributed by atoms with Crippen LogP contribution < -0.4 is 0 Å². The van der Waals surface area contributed by atoms with Gasteiger partial charge in [-0.1, -0.05) is 41.9 Å². The average Bonchev–Trinajstić information content (AvgIpc) is 3.20. The van der Waals surface area contributed by atoms with Gasteiger partial charge in [0.1, 0.15) is 0 Å². The predicted octanol–water partition coefficient (Wildman–Crippen LogP) is 5.52. The zero-order valence-corrected chi connectivity index (χ0v) is 16.6. The van der Waals surface area contributed by atoms with Crippen LogP contribution in [0, 0.1) is 5.92 Å². The minimum absolute atomic E-state index is 0.0173. The number of carbonyl (C=O) groups excluding carboxylic acids is 1. The van der Waals surface area contributed by atoms with Crippen molar-refractivity contribution in [3.05, 3.63) is 34.9 Å². The third kappa shape index (κ3) is 6.47. The van der Waals surface area contributed by atoms with E-state index in [1.165, 1.54) is 23.6 Å². The second-order valence-electron chi connectivity index (χ2n) is 8.01. The Bertz CT molecular complexity index is 570. The lowest BCUT2D eigenvalue weighted by Crippen LogP contribution is -2.15. The van der Waals surface area contributed by atoms with E-state index in [4.69, 9.17) is 9.47 Å². The molecule has 1 fully saturated rings. The van der Waals surface area contributed by atoms with Crippen LogP contribution in [0.4, 0.5) is 0 Å². The number of hydrogen-bond acceptors (Lipinski definition) is 3. The van der Waals surface area contributed by atoms with Crippen LogP contribution in [0.1, 0.15) is 73.1 Å². The second-order valence-corrected chi connectivity index (χ2v) is 8.01. The highest BCUT2D eigenvalue weighted by molar-refractivity contribution is 5.65. The molecule has 3 nitrogen and oxygen atoms in total. The van der Waals surface area contributed by atoms with E-state index in [9.17, 15) is 4.79 Å². The first kappa shape index (κ1) is 20.0. The highest BCUT2D eigenvalue weighted by Crippen LogP contribution is 2.44. The van der Waals surface area contributed by atoms with E-state index in [0.29, 0.717) is 12.7 Å². The lowest BCUT2D eigenvalue weighted by molar-refractivity contribution is -0.141. The van der Waals surface area contributed by atoms with Gasteiger partial charge in [0.05, 0.1) is 18.3 Å². The Labute approximate surface area is 153 Å². The maximum Gasteiger partial charge on any atom is 0.302 e. The fraction of sp³-hybridized carbons (Fsp3) is 0.682. The Kier molecular flexibility index (Phi) is 7.06. The van der Waals surface area contributed by atoms with Gasteiger partial charge in [0, 0.05) is 12.8 Å². The smallest absolute Gasteiger partial charge is 0.302 e. The van der Waals surface area contributed by atoms with Crippen molar-refractivity contribution in [1.29, 1.82) is 0 Å². The standard InChI is InChI=1S/C22H34O3/c1-16-7-6-8-17(2)10-12-21-22(5,25-21)14-13-20(11-9-16)18(3)15-24-19(4)23/h8-9,11,18,21H,6-7,10,12-15H2,1-5H3/b16-9+,17-8+,20-11+/t18?,21-,22-/m1/s1. The molecule has 0 N–H and O–H groups in total. The van der Waals surface area contributed by atoms with Crippen molar-refractivity contribution in [2.24, 2.45) is 5.92 Å². The van der Waals surface area contributed by atoms with Crippen molar-refractivity contribution < 1.29 is 14.3 Å². The number of fused-ring (bicyclic) bond motifs is 1. The van der Waals surface area contributed by atoms with Crippen LogP contribution in [0.3, 0.4) is 0 Å². The van der Waals surface area contributed by atoms with Gasteiger partial charge in [-0.15, -0.1) is 0 Å². The maximum atomic E-state index is 11.1. The van der Waals surface area contributed by atoms with Crippen LogP contribution in [0.5, 0.6) is 0 Å². The summed E-state index contributed by atoms with van der Waals surface area (Å²) in [5, 5.41) is 0. The third-order valence-electron chi connectivity index (χ3n) is 5.53. The average molecular weight is 347 g/mol. The largest absolute Gasteiger partial charge is 0.465 e. The summed E-state index contributed by atoms with van der Waals surface area (Å²) >= 11 is 0. The van der Waals surface area contributed by atoms with E-state index in [1.54, 1.807) is 0 Å². The number of esters is 1. The lowest BCUT2D eigenvalue weighted by Gasteiger charge is -2.17. The molecule has 0 aromatic carbocycles. The summed E-state index contributed by atoms with van der Waals surface area (Å²) in [7, 11) is 0. The number of ether oxygens (including phenoxy) is 2. The van der Waals surface area contributed by atoms with Crippen molar-refractivity contribution in [3.8, 4) is 0 Å². The van der Waals surface area contributed by atoms with E-state index >= 15 is 0 Å². The van der Waals surface area contributed by atoms with Crippen LogP contribution in [0.2, 0.25) is 0 Å². The summed E-state index contributed by atoms with van der Waals surface area (Å²) < 4.78 is 11.2. The molecule has 1 aliphatic carbocycles. The molecule has 1 aliphatic heterocycles. The van der Waals surface area contributed by atoms with E-state index in [1.807, 2.05) is 0 Å². The van der Waals surface area contributed by atoms with E-state index in [-0.39, 0.29) is 17.5 Å². The molecule has 1 heterocycles. The molecule has 25 heavy (non-hydrogen) atoms. The van der Waals surface area contributed by atoms with Crippen LogP contribution >= 0.6 is 0 Å². The Morgan fingerprint density at radius 1 is 1.28 bits per heavy atom. The van der Waals surface area contributed by atoms with Crippen LogP contribution in [-0.2, 0) is 14.3 Å². The molecule has 0 aromatic heterocycles.